The summed E-state index contributed by atoms with van der Waals surface area (Å²) >= 11 is 1.27. The number of thiophene rings is 1. The Morgan fingerprint density at radius 2 is 2.57 bits per heavy atom. The minimum absolute atomic E-state index is 0.218. The second-order valence-electron chi connectivity index (χ2n) is 1.33. The van der Waals surface area contributed by atoms with Gasteiger partial charge in [-0.05, 0) is 17.9 Å². The predicted molar refractivity (Wildman–Crippen MR) is 27.8 cm³/mol. The van der Waals surface area contributed by atoms with Crippen molar-refractivity contribution in [2.75, 3.05) is 0 Å². The van der Waals surface area contributed by atoms with Gasteiger partial charge in [0.2, 0.25) is 0 Å². The monoisotopic (exact) mass is 115 g/mol. The average Bonchev–Trinajstić information content (AvgIpc) is 1.91. The fourth-order valence-corrected chi connectivity index (χ4v) is 0.905. The van der Waals surface area contributed by atoms with Gasteiger partial charge in [-0.3, -0.25) is 0 Å². The van der Waals surface area contributed by atoms with Crippen LogP contribution in [-0.2, 0) is 0 Å². The van der Waals surface area contributed by atoms with Gasteiger partial charge in [0.25, 0.3) is 0 Å². The molecule has 0 saturated heterocycles. The molecular formula is C5H4FS. The molecule has 0 saturated carbocycles. The Balaban J connectivity index is 3.12. The van der Waals surface area contributed by atoms with E-state index in [1.54, 1.807) is 12.3 Å². The van der Waals surface area contributed by atoms with Gasteiger partial charge in [0.1, 0.15) is 5.82 Å². The van der Waals surface area contributed by atoms with Crippen molar-refractivity contribution in [3.05, 3.63) is 22.1 Å². The molecule has 0 N–H and O–H groups in total. The summed E-state index contributed by atoms with van der Waals surface area (Å²) in [6, 6.07) is 0. The van der Waals surface area contributed by atoms with Crippen LogP contribution in [0.25, 0.3) is 0 Å². The zero-order valence-corrected chi connectivity index (χ0v) is 4.68. The first-order valence-electron chi connectivity index (χ1n) is 1.92. The molecule has 0 spiro atoms. The fraction of sp³-hybridized carbons (Fsp3) is 0.200. The molecule has 1 radical (unpaired) electrons. The molecule has 0 fully saturated rings. The first-order chi connectivity index (χ1) is 3.30. The Morgan fingerprint density at radius 3 is 2.71 bits per heavy atom. The minimum atomic E-state index is -0.218. The van der Waals surface area contributed by atoms with Crippen LogP contribution in [-0.4, -0.2) is 0 Å². The summed E-state index contributed by atoms with van der Waals surface area (Å²) in [4.78, 5) is 0. The topological polar surface area (TPSA) is 0 Å². The molecular weight excluding hydrogens is 111 g/mol. The van der Waals surface area contributed by atoms with Crippen molar-refractivity contribution in [2.45, 2.75) is 6.92 Å². The van der Waals surface area contributed by atoms with Crippen molar-refractivity contribution in [3.63, 3.8) is 0 Å². The highest BCUT2D eigenvalue weighted by molar-refractivity contribution is 7.07. The molecule has 1 aromatic rings. The van der Waals surface area contributed by atoms with Gasteiger partial charge < -0.3 is 0 Å². The standard InChI is InChI=1S/C5H4FS/c1-4-2-7-3-5(4)6/h2H,1H3. The van der Waals surface area contributed by atoms with Gasteiger partial charge in [-0.2, -0.15) is 0 Å². The Morgan fingerprint density at radius 1 is 1.86 bits per heavy atom. The number of halogens is 1. The van der Waals surface area contributed by atoms with E-state index in [9.17, 15) is 4.39 Å². The van der Waals surface area contributed by atoms with Crippen molar-refractivity contribution in [1.29, 1.82) is 0 Å². The second kappa shape index (κ2) is 1.62. The molecule has 1 rings (SSSR count). The van der Waals surface area contributed by atoms with Crippen molar-refractivity contribution in [1.82, 2.24) is 0 Å². The smallest absolute Gasteiger partial charge is 0.145 e. The minimum Gasteiger partial charge on any atom is -0.205 e. The van der Waals surface area contributed by atoms with Gasteiger partial charge in [0.15, 0.2) is 0 Å². The van der Waals surface area contributed by atoms with Crippen LogP contribution < -0.4 is 0 Å². The van der Waals surface area contributed by atoms with Crippen LogP contribution in [0, 0.1) is 18.1 Å². The maximum atomic E-state index is 12.0. The molecule has 0 aromatic carbocycles. The van der Waals surface area contributed by atoms with E-state index in [1.807, 2.05) is 0 Å². The third-order valence-electron chi connectivity index (χ3n) is 0.730. The average molecular weight is 115 g/mol. The van der Waals surface area contributed by atoms with E-state index in [0.29, 0.717) is 5.56 Å². The second-order valence-corrected chi connectivity index (χ2v) is 2.01. The summed E-state index contributed by atoms with van der Waals surface area (Å²) < 4.78 is 12.0. The molecule has 0 aliphatic heterocycles. The van der Waals surface area contributed by atoms with E-state index in [0.717, 1.165) is 0 Å². The highest BCUT2D eigenvalue weighted by Crippen LogP contribution is 2.08. The summed E-state index contributed by atoms with van der Waals surface area (Å²) in [5.41, 5.74) is 0.685. The van der Waals surface area contributed by atoms with Gasteiger partial charge in [0, 0.05) is 0 Å². The highest BCUT2D eigenvalue weighted by Gasteiger charge is 1.92. The zero-order chi connectivity index (χ0) is 5.28. The molecule has 7 heavy (non-hydrogen) atoms. The zero-order valence-electron chi connectivity index (χ0n) is 3.86. The number of hydrogen-bond acceptors (Lipinski definition) is 1. The van der Waals surface area contributed by atoms with Gasteiger partial charge in [-0.15, -0.1) is 11.3 Å². The summed E-state index contributed by atoms with van der Waals surface area (Å²) in [6.45, 7) is 1.72. The molecule has 2 heteroatoms. The Bertz CT molecular complexity index is 140. The largest absolute Gasteiger partial charge is 0.205 e. The van der Waals surface area contributed by atoms with E-state index < -0.39 is 0 Å². The molecule has 0 unspecified atom stereocenters. The Kier molecular flexibility index (Phi) is 1.11. The van der Waals surface area contributed by atoms with Gasteiger partial charge >= 0.3 is 0 Å². The molecule has 0 amide bonds. The van der Waals surface area contributed by atoms with Gasteiger partial charge in [0.05, 0.1) is 5.38 Å². The lowest BCUT2D eigenvalue weighted by Crippen LogP contribution is -1.65. The van der Waals surface area contributed by atoms with E-state index in [4.69, 9.17) is 0 Å². The number of hydrogen-bond donors (Lipinski definition) is 0. The lowest BCUT2D eigenvalue weighted by Gasteiger charge is -1.74. The van der Waals surface area contributed by atoms with Crippen molar-refractivity contribution in [3.8, 4) is 0 Å². The first kappa shape index (κ1) is 4.78. The molecule has 0 aliphatic carbocycles. The molecule has 0 atom stereocenters. The maximum absolute atomic E-state index is 12.0. The third kappa shape index (κ3) is 0.800. The van der Waals surface area contributed by atoms with Crippen LogP contribution in [0.4, 0.5) is 4.39 Å². The molecule has 1 heterocycles. The molecule has 0 aliphatic rings. The summed E-state index contributed by atoms with van der Waals surface area (Å²) in [7, 11) is 0. The van der Waals surface area contributed by atoms with Crippen molar-refractivity contribution >= 4 is 11.3 Å². The lowest BCUT2D eigenvalue weighted by atomic mass is 10.4. The summed E-state index contributed by atoms with van der Waals surface area (Å²) in [5, 5.41) is 4.17. The van der Waals surface area contributed by atoms with Crippen LogP contribution in [0.2, 0.25) is 0 Å². The van der Waals surface area contributed by atoms with E-state index in [-0.39, 0.29) is 5.82 Å². The van der Waals surface area contributed by atoms with Crippen LogP contribution in [0.1, 0.15) is 5.56 Å². The summed E-state index contributed by atoms with van der Waals surface area (Å²) in [5.74, 6) is -0.218. The lowest BCUT2D eigenvalue weighted by molar-refractivity contribution is 0.623. The quantitative estimate of drug-likeness (QED) is 0.485. The molecule has 37 valence electrons. The maximum Gasteiger partial charge on any atom is 0.145 e. The molecule has 0 nitrogen and oxygen atoms in total. The third-order valence-corrected chi connectivity index (χ3v) is 1.50. The Labute approximate surface area is 45.6 Å². The highest BCUT2D eigenvalue weighted by atomic mass is 32.1. The van der Waals surface area contributed by atoms with Gasteiger partial charge in [-0.25, -0.2) is 4.39 Å². The van der Waals surface area contributed by atoms with Crippen LogP contribution in [0.3, 0.4) is 0 Å². The molecule has 1 aromatic heterocycles. The van der Waals surface area contributed by atoms with Crippen molar-refractivity contribution < 1.29 is 4.39 Å². The van der Waals surface area contributed by atoms with Crippen LogP contribution in [0.15, 0.2) is 5.38 Å². The molecule has 0 bridgehead atoms. The van der Waals surface area contributed by atoms with Crippen LogP contribution >= 0.6 is 11.3 Å². The van der Waals surface area contributed by atoms with Gasteiger partial charge in [-0.1, -0.05) is 0 Å². The normalized spacial score (nSPS) is 9.43. The summed E-state index contributed by atoms with van der Waals surface area (Å²) in [6.07, 6.45) is 0. The van der Waals surface area contributed by atoms with Crippen LogP contribution in [0.5, 0.6) is 0 Å². The number of rotatable bonds is 0. The first-order valence-corrected chi connectivity index (χ1v) is 2.80. The predicted octanol–water partition coefficient (Wildman–Crippen LogP) is 2.00. The Hall–Kier alpha value is -0.370. The fourth-order valence-electron chi connectivity index (χ4n) is 0.302. The number of aryl methyl sites for hydroxylation is 1. The van der Waals surface area contributed by atoms with E-state index >= 15 is 0 Å². The van der Waals surface area contributed by atoms with E-state index in [1.165, 1.54) is 11.3 Å². The SMILES string of the molecule is Cc1cs[c]c1F. The van der Waals surface area contributed by atoms with Crippen molar-refractivity contribution in [2.24, 2.45) is 0 Å². The van der Waals surface area contributed by atoms with E-state index in [2.05, 4.69) is 5.38 Å².